The number of hydrazone groups is 1. The van der Waals surface area contributed by atoms with Crippen molar-refractivity contribution in [1.82, 2.24) is 25.6 Å². The van der Waals surface area contributed by atoms with Crippen molar-refractivity contribution in [2.24, 2.45) is 5.10 Å². The average molecular weight is 511 g/mol. The molecule has 1 N–H and O–H groups in total. The van der Waals surface area contributed by atoms with Crippen molar-refractivity contribution in [2.75, 3.05) is 6.61 Å². The zero-order valence-corrected chi connectivity index (χ0v) is 21.8. The van der Waals surface area contributed by atoms with Crippen LogP contribution < -0.4 is 10.2 Å². The minimum absolute atomic E-state index is 0.281. The molecule has 0 aliphatic carbocycles. The SMILES string of the molecule is CCCCCCCCOc1ccc(/C=N/NC(=O)c2ccc(Cn3nnc(-c4ccccc4)n3)cc2)cc1. The van der Waals surface area contributed by atoms with Crippen LogP contribution in [0.2, 0.25) is 0 Å². The molecule has 0 unspecified atom stereocenters. The second kappa shape index (κ2) is 14.4. The quantitative estimate of drug-likeness (QED) is 0.130. The average Bonchev–Trinajstić information content (AvgIpc) is 3.43. The summed E-state index contributed by atoms with van der Waals surface area (Å²) in [6, 6.07) is 24.6. The molecule has 0 aliphatic heterocycles. The Morgan fingerprint density at radius 3 is 2.42 bits per heavy atom. The molecule has 1 aromatic heterocycles. The topological polar surface area (TPSA) is 94.3 Å². The molecule has 196 valence electrons. The molecule has 1 heterocycles. The van der Waals surface area contributed by atoms with E-state index in [4.69, 9.17) is 4.74 Å². The largest absolute Gasteiger partial charge is 0.494 e. The van der Waals surface area contributed by atoms with Crippen LogP contribution in [0.25, 0.3) is 11.4 Å². The Kier molecular flexibility index (Phi) is 10.1. The zero-order valence-electron chi connectivity index (χ0n) is 21.8. The van der Waals surface area contributed by atoms with Gasteiger partial charge in [-0.05, 0) is 59.2 Å². The number of carbonyl (C=O) groups is 1. The third kappa shape index (κ3) is 8.37. The second-order valence-electron chi connectivity index (χ2n) is 9.09. The summed E-state index contributed by atoms with van der Waals surface area (Å²) < 4.78 is 5.81. The van der Waals surface area contributed by atoms with Gasteiger partial charge in [0.25, 0.3) is 5.91 Å². The van der Waals surface area contributed by atoms with Crippen molar-refractivity contribution < 1.29 is 9.53 Å². The Labute approximate surface area is 223 Å². The molecule has 38 heavy (non-hydrogen) atoms. The van der Waals surface area contributed by atoms with Gasteiger partial charge in [0.05, 0.1) is 19.4 Å². The Morgan fingerprint density at radius 1 is 0.921 bits per heavy atom. The lowest BCUT2D eigenvalue weighted by Crippen LogP contribution is -2.17. The Hall–Kier alpha value is -4.33. The molecule has 4 aromatic rings. The maximum Gasteiger partial charge on any atom is 0.271 e. The van der Waals surface area contributed by atoms with E-state index >= 15 is 0 Å². The number of amides is 1. The van der Waals surface area contributed by atoms with Crippen LogP contribution in [-0.4, -0.2) is 38.9 Å². The number of carbonyl (C=O) groups excluding carboxylic acids is 1. The van der Waals surface area contributed by atoms with Gasteiger partial charge in [-0.3, -0.25) is 4.79 Å². The van der Waals surface area contributed by atoms with E-state index in [9.17, 15) is 4.79 Å². The molecule has 0 atom stereocenters. The molecule has 0 saturated heterocycles. The van der Waals surface area contributed by atoms with E-state index in [0.29, 0.717) is 17.9 Å². The van der Waals surface area contributed by atoms with Crippen LogP contribution in [0.1, 0.15) is 66.9 Å². The van der Waals surface area contributed by atoms with Crippen molar-refractivity contribution >= 4 is 12.1 Å². The summed E-state index contributed by atoms with van der Waals surface area (Å²) >= 11 is 0. The number of aromatic nitrogens is 4. The monoisotopic (exact) mass is 510 g/mol. The van der Waals surface area contributed by atoms with Crippen LogP contribution in [0.3, 0.4) is 0 Å². The first-order valence-corrected chi connectivity index (χ1v) is 13.2. The predicted octanol–water partition coefficient (Wildman–Crippen LogP) is 5.89. The fourth-order valence-electron chi connectivity index (χ4n) is 3.89. The highest BCUT2D eigenvalue weighted by Gasteiger charge is 2.08. The van der Waals surface area contributed by atoms with E-state index in [1.54, 1.807) is 18.3 Å². The molecular weight excluding hydrogens is 476 g/mol. The van der Waals surface area contributed by atoms with Crippen LogP contribution in [0.15, 0.2) is 84.0 Å². The van der Waals surface area contributed by atoms with E-state index < -0.39 is 0 Å². The van der Waals surface area contributed by atoms with Gasteiger partial charge in [0.1, 0.15) is 5.75 Å². The highest BCUT2D eigenvalue weighted by Crippen LogP contribution is 2.14. The van der Waals surface area contributed by atoms with Gasteiger partial charge in [-0.25, -0.2) is 5.43 Å². The molecule has 8 nitrogen and oxygen atoms in total. The highest BCUT2D eigenvalue weighted by molar-refractivity contribution is 5.94. The molecule has 0 fully saturated rings. The maximum absolute atomic E-state index is 12.5. The molecule has 8 heteroatoms. The third-order valence-corrected chi connectivity index (χ3v) is 6.05. The summed E-state index contributed by atoms with van der Waals surface area (Å²) in [5, 5.41) is 16.7. The number of ether oxygens (including phenoxy) is 1. The molecule has 0 spiro atoms. The molecular formula is C30H34N6O2. The van der Waals surface area contributed by atoms with Gasteiger partial charge in [-0.15, -0.1) is 10.2 Å². The van der Waals surface area contributed by atoms with E-state index in [1.807, 2.05) is 66.7 Å². The fraction of sp³-hybridized carbons (Fsp3) is 0.300. The van der Waals surface area contributed by atoms with E-state index in [2.05, 4.69) is 32.9 Å². The maximum atomic E-state index is 12.5. The zero-order chi connectivity index (χ0) is 26.4. The number of unbranched alkanes of at least 4 members (excludes halogenated alkanes) is 5. The minimum atomic E-state index is -0.281. The molecule has 0 saturated carbocycles. The van der Waals surface area contributed by atoms with Crippen molar-refractivity contribution in [3.8, 4) is 17.1 Å². The lowest BCUT2D eigenvalue weighted by Gasteiger charge is -2.06. The number of nitrogens with one attached hydrogen (secondary N) is 1. The second-order valence-corrected chi connectivity index (χ2v) is 9.09. The molecule has 4 rings (SSSR count). The predicted molar refractivity (Wildman–Crippen MR) is 149 cm³/mol. The van der Waals surface area contributed by atoms with Gasteiger partial charge < -0.3 is 4.74 Å². The number of nitrogens with zero attached hydrogens (tertiary/aromatic N) is 5. The standard InChI is InChI=1S/C30H34N6O2/c1-2-3-4-5-6-10-21-38-28-19-15-24(16-20-28)22-31-33-30(37)27-17-13-25(14-18-27)23-36-34-29(32-35-36)26-11-8-7-9-12-26/h7-9,11-20,22H,2-6,10,21,23H2,1H3,(H,33,37)/b31-22+. The van der Waals surface area contributed by atoms with E-state index in [0.717, 1.165) is 35.5 Å². The summed E-state index contributed by atoms with van der Waals surface area (Å²) in [6.45, 7) is 3.42. The Balaban J connectivity index is 1.19. The summed E-state index contributed by atoms with van der Waals surface area (Å²) in [5.74, 6) is 1.14. The van der Waals surface area contributed by atoms with Gasteiger partial charge in [0.15, 0.2) is 0 Å². The van der Waals surface area contributed by atoms with Gasteiger partial charge in [0.2, 0.25) is 5.82 Å². The Morgan fingerprint density at radius 2 is 1.66 bits per heavy atom. The summed E-state index contributed by atoms with van der Waals surface area (Å²) in [6.07, 6.45) is 9.07. The van der Waals surface area contributed by atoms with Crippen molar-refractivity contribution in [2.45, 2.75) is 52.0 Å². The lowest BCUT2D eigenvalue weighted by molar-refractivity contribution is 0.0955. The van der Waals surface area contributed by atoms with E-state index in [-0.39, 0.29) is 5.91 Å². The Bertz CT molecular complexity index is 1280. The van der Waals surface area contributed by atoms with Gasteiger partial charge in [-0.2, -0.15) is 9.90 Å². The van der Waals surface area contributed by atoms with E-state index in [1.165, 1.54) is 36.9 Å². The van der Waals surface area contributed by atoms with Crippen molar-refractivity contribution in [3.63, 3.8) is 0 Å². The summed E-state index contributed by atoms with van der Waals surface area (Å²) in [4.78, 5) is 14.0. The van der Waals surface area contributed by atoms with Crippen LogP contribution in [-0.2, 0) is 6.54 Å². The number of hydrogen-bond acceptors (Lipinski definition) is 6. The van der Waals surface area contributed by atoms with Crippen molar-refractivity contribution in [1.29, 1.82) is 0 Å². The smallest absolute Gasteiger partial charge is 0.271 e. The number of hydrogen-bond donors (Lipinski definition) is 1. The first-order valence-electron chi connectivity index (χ1n) is 13.2. The molecule has 0 aliphatic rings. The first-order chi connectivity index (χ1) is 18.7. The summed E-state index contributed by atoms with van der Waals surface area (Å²) in [5.41, 5.74) is 5.84. The molecule has 0 bridgehead atoms. The lowest BCUT2D eigenvalue weighted by atomic mass is 10.1. The number of benzene rings is 3. The van der Waals surface area contributed by atoms with Gasteiger partial charge >= 0.3 is 0 Å². The van der Waals surface area contributed by atoms with Gasteiger partial charge in [-0.1, -0.05) is 81.5 Å². The third-order valence-electron chi connectivity index (χ3n) is 6.05. The number of rotatable bonds is 14. The van der Waals surface area contributed by atoms with Gasteiger partial charge in [0, 0.05) is 11.1 Å². The molecule has 1 amide bonds. The normalized spacial score (nSPS) is 11.1. The van der Waals surface area contributed by atoms with Crippen LogP contribution in [0, 0.1) is 0 Å². The van der Waals surface area contributed by atoms with Crippen LogP contribution >= 0.6 is 0 Å². The fourth-order valence-corrected chi connectivity index (χ4v) is 3.89. The highest BCUT2D eigenvalue weighted by atomic mass is 16.5. The van der Waals surface area contributed by atoms with Crippen LogP contribution in [0.5, 0.6) is 5.75 Å². The molecule has 3 aromatic carbocycles. The summed E-state index contributed by atoms with van der Waals surface area (Å²) in [7, 11) is 0. The van der Waals surface area contributed by atoms with Crippen molar-refractivity contribution in [3.05, 3.63) is 95.6 Å². The number of tetrazole rings is 1. The minimum Gasteiger partial charge on any atom is -0.494 e. The molecule has 0 radical (unpaired) electrons. The first kappa shape index (κ1) is 26.7. The van der Waals surface area contributed by atoms with Crippen LogP contribution in [0.4, 0.5) is 0 Å².